The van der Waals surface area contributed by atoms with Crippen LogP contribution in [0.2, 0.25) is 0 Å². The first-order valence-electron chi connectivity index (χ1n) is 8.75. The summed E-state index contributed by atoms with van der Waals surface area (Å²) in [6, 6.07) is 19.6. The number of hydrogen-bond acceptors (Lipinski definition) is 7. The topological polar surface area (TPSA) is 69.4 Å². The van der Waals surface area contributed by atoms with Gasteiger partial charge < -0.3 is 19.2 Å². The molecule has 0 saturated heterocycles. The average Bonchev–Trinajstić information content (AvgIpc) is 3.43. The minimum Gasteiger partial charge on any atom is -0.454 e. The lowest BCUT2D eigenvalue weighted by Crippen LogP contribution is -1.92. The molecule has 28 heavy (non-hydrogen) atoms. The molecule has 0 aliphatic carbocycles. The van der Waals surface area contributed by atoms with E-state index in [0.717, 1.165) is 49.2 Å². The fraction of sp³-hybridized carbons (Fsp3) is 0.0476. The van der Waals surface area contributed by atoms with Crippen molar-refractivity contribution in [1.82, 2.24) is 9.97 Å². The van der Waals surface area contributed by atoms with Gasteiger partial charge in [-0.2, -0.15) is 0 Å². The van der Waals surface area contributed by atoms with Crippen molar-refractivity contribution in [3.63, 3.8) is 0 Å². The first kappa shape index (κ1) is 15.5. The molecule has 0 atom stereocenters. The predicted molar refractivity (Wildman–Crippen MR) is 108 cm³/mol. The van der Waals surface area contributed by atoms with E-state index in [1.54, 1.807) is 11.3 Å². The molecule has 1 aliphatic heterocycles. The summed E-state index contributed by atoms with van der Waals surface area (Å²) in [5.74, 6) is 2.12. The SMILES string of the molecule is c1ccc2oc(-c3ccc(Nc4nc5cc6c(cc5s4)OCO6)cc3)nc2c1. The molecule has 1 N–H and O–H groups in total. The number of anilines is 2. The van der Waals surface area contributed by atoms with E-state index in [0.29, 0.717) is 5.89 Å². The van der Waals surface area contributed by atoms with Crippen LogP contribution >= 0.6 is 11.3 Å². The van der Waals surface area contributed by atoms with Crippen molar-refractivity contribution < 1.29 is 13.9 Å². The van der Waals surface area contributed by atoms with Crippen LogP contribution in [0.25, 0.3) is 32.8 Å². The predicted octanol–water partition coefficient (Wildman–Crippen LogP) is 5.58. The highest BCUT2D eigenvalue weighted by Crippen LogP contribution is 2.39. The van der Waals surface area contributed by atoms with E-state index < -0.39 is 0 Å². The van der Waals surface area contributed by atoms with E-state index in [1.165, 1.54) is 0 Å². The molecule has 0 spiro atoms. The second-order valence-corrected chi connectivity index (χ2v) is 7.41. The third-order valence-corrected chi connectivity index (χ3v) is 5.49. The van der Waals surface area contributed by atoms with Crippen molar-refractivity contribution in [2.24, 2.45) is 0 Å². The molecule has 0 bridgehead atoms. The highest BCUT2D eigenvalue weighted by molar-refractivity contribution is 7.22. The van der Waals surface area contributed by atoms with Gasteiger partial charge in [-0.05, 0) is 36.4 Å². The quantitative estimate of drug-likeness (QED) is 0.436. The molecule has 6 nitrogen and oxygen atoms in total. The number of para-hydroxylation sites is 2. The molecule has 0 unspecified atom stereocenters. The third kappa shape index (κ3) is 2.56. The Morgan fingerprint density at radius 1 is 0.857 bits per heavy atom. The number of hydrogen-bond donors (Lipinski definition) is 1. The molecule has 0 amide bonds. The summed E-state index contributed by atoms with van der Waals surface area (Å²) in [7, 11) is 0. The Bertz CT molecular complexity index is 1250. The van der Waals surface area contributed by atoms with E-state index >= 15 is 0 Å². The van der Waals surface area contributed by atoms with Crippen LogP contribution in [0.3, 0.4) is 0 Å². The van der Waals surface area contributed by atoms with Gasteiger partial charge in [0.1, 0.15) is 5.52 Å². The third-order valence-electron chi connectivity index (χ3n) is 4.56. The van der Waals surface area contributed by atoms with Crippen molar-refractivity contribution in [2.45, 2.75) is 0 Å². The van der Waals surface area contributed by atoms with Gasteiger partial charge in [0.2, 0.25) is 12.7 Å². The maximum absolute atomic E-state index is 5.83. The van der Waals surface area contributed by atoms with Crippen LogP contribution in [-0.4, -0.2) is 16.8 Å². The first-order valence-corrected chi connectivity index (χ1v) is 9.57. The second-order valence-electron chi connectivity index (χ2n) is 6.38. The molecule has 0 saturated carbocycles. The number of benzene rings is 3. The number of nitrogens with zero attached hydrogens (tertiary/aromatic N) is 2. The molecule has 3 aromatic carbocycles. The molecule has 1 aliphatic rings. The lowest BCUT2D eigenvalue weighted by molar-refractivity contribution is 0.174. The van der Waals surface area contributed by atoms with E-state index in [9.17, 15) is 0 Å². The van der Waals surface area contributed by atoms with Crippen molar-refractivity contribution in [3.05, 3.63) is 60.7 Å². The average molecular weight is 387 g/mol. The number of thiazole rings is 1. The summed E-state index contributed by atoms with van der Waals surface area (Å²) in [6.07, 6.45) is 0. The van der Waals surface area contributed by atoms with Gasteiger partial charge in [0.05, 0.1) is 10.2 Å². The molecule has 136 valence electrons. The highest BCUT2D eigenvalue weighted by atomic mass is 32.1. The number of aromatic nitrogens is 2. The second kappa shape index (κ2) is 5.97. The molecule has 3 heterocycles. The number of rotatable bonds is 3. The fourth-order valence-electron chi connectivity index (χ4n) is 3.19. The monoisotopic (exact) mass is 387 g/mol. The normalized spacial score (nSPS) is 12.7. The van der Waals surface area contributed by atoms with Crippen molar-refractivity contribution >= 4 is 43.5 Å². The zero-order valence-electron chi connectivity index (χ0n) is 14.5. The lowest BCUT2D eigenvalue weighted by atomic mass is 10.2. The maximum Gasteiger partial charge on any atom is 0.231 e. The molecular formula is C21H13N3O3S. The van der Waals surface area contributed by atoms with Gasteiger partial charge in [-0.15, -0.1) is 0 Å². The van der Waals surface area contributed by atoms with Gasteiger partial charge >= 0.3 is 0 Å². The van der Waals surface area contributed by atoms with Crippen LogP contribution in [0.4, 0.5) is 10.8 Å². The van der Waals surface area contributed by atoms with E-state index in [2.05, 4.69) is 15.3 Å². The summed E-state index contributed by atoms with van der Waals surface area (Å²) in [5, 5.41) is 4.16. The maximum atomic E-state index is 5.83. The van der Waals surface area contributed by atoms with E-state index in [4.69, 9.17) is 13.9 Å². The Morgan fingerprint density at radius 2 is 1.68 bits per heavy atom. The van der Waals surface area contributed by atoms with Crippen LogP contribution in [0.5, 0.6) is 11.5 Å². The Hall–Kier alpha value is -3.58. The molecule has 7 heteroatoms. The molecular weight excluding hydrogens is 374 g/mol. The summed E-state index contributed by atoms with van der Waals surface area (Å²) < 4.78 is 17.7. The smallest absolute Gasteiger partial charge is 0.231 e. The van der Waals surface area contributed by atoms with Crippen LogP contribution in [0, 0.1) is 0 Å². The van der Waals surface area contributed by atoms with Gasteiger partial charge in [-0.1, -0.05) is 23.5 Å². The number of ether oxygens (including phenoxy) is 2. The standard InChI is InChI=1S/C21H13N3O3S/c1-2-4-16-14(3-1)23-20(27-16)12-5-7-13(8-6-12)22-21-24-15-9-17-18(26-11-25-17)10-19(15)28-21/h1-10H,11H2,(H,22,24). The molecule has 0 radical (unpaired) electrons. The number of nitrogens with one attached hydrogen (secondary N) is 1. The van der Waals surface area contributed by atoms with Gasteiger partial charge in [0, 0.05) is 23.4 Å². The molecule has 6 rings (SSSR count). The van der Waals surface area contributed by atoms with E-state index in [1.807, 2.05) is 60.7 Å². The van der Waals surface area contributed by atoms with Crippen LogP contribution < -0.4 is 14.8 Å². The Morgan fingerprint density at radius 3 is 2.54 bits per heavy atom. The van der Waals surface area contributed by atoms with Crippen LogP contribution in [-0.2, 0) is 0 Å². The van der Waals surface area contributed by atoms with Gasteiger partial charge in [-0.25, -0.2) is 9.97 Å². The van der Waals surface area contributed by atoms with Crippen LogP contribution in [0.1, 0.15) is 0 Å². The van der Waals surface area contributed by atoms with Gasteiger partial charge in [0.15, 0.2) is 22.2 Å². The summed E-state index contributed by atoms with van der Waals surface area (Å²) in [5.41, 5.74) is 4.40. The van der Waals surface area contributed by atoms with Gasteiger partial charge in [-0.3, -0.25) is 0 Å². The van der Waals surface area contributed by atoms with Gasteiger partial charge in [0.25, 0.3) is 0 Å². The molecule has 0 fully saturated rings. The van der Waals surface area contributed by atoms with Crippen molar-refractivity contribution in [2.75, 3.05) is 12.1 Å². The van der Waals surface area contributed by atoms with Crippen molar-refractivity contribution in [3.8, 4) is 23.0 Å². The molecule has 5 aromatic rings. The summed E-state index contributed by atoms with van der Waals surface area (Å²) in [4.78, 5) is 9.17. The van der Waals surface area contributed by atoms with E-state index in [-0.39, 0.29) is 6.79 Å². The lowest BCUT2D eigenvalue weighted by Gasteiger charge is -2.02. The number of oxazole rings is 1. The Kier molecular flexibility index (Phi) is 3.30. The van der Waals surface area contributed by atoms with Crippen molar-refractivity contribution in [1.29, 1.82) is 0 Å². The highest BCUT2D eigenvalue weighted by Gasteiger charge is 2.16. The minimum atomic E-state index is 0.268. The first-order chi connectivity index (χ1) is 13.8. The Labute approximate surface area is 163 Å². The number of fused-ring (bicyclic) bond motifs is 3. The zero-order valence-corrected chi connectivity index (χ0v) is 15.3. The minimum absolute atomic E-state index is 0.268. The Balaban J connectivity index is 1.27. The van der Waals surface area contributed by atoms with Crippen LogP contribution in [0.15, 0.2) is 65.1 Å². The fourth-order valence-corrected chi connectivity index (χ4v) is 4.08. The molecule has 2 aromatic heterocycles. The largest absolute Gasteiger partial charge is 0.454 e. The summed E-state index contributed by atoms with van der Waals surface area (Å²) in [6.45, 7) is 0.268. The summed E-state index contributed by atoms with van der Waals surface area (Å²) >= 11 is 1.57. The zero-order chi connectivity index (χ0) is 18.5.